The first-order valence-corrected chi connectivity index (χ1v) is 7.07. The first-order chi connectivity index (χ1) is 9.15. The lowest BCUT2D eigenvalue weighted by Gasteiger charge is -2.10. The van der Waals surface area contributed by atoms with Crippen molar-refractivity contribution < 1.29 is 4.74 Å². The first-order valence-electron chi connectivity index (χ1n) is 5.50. The van der Waals surface area contributed by atoms with Crippen molar-refractivity contribution in [1.29, 1.82) is 0 Å². The molecular weight excluding hydrogens is 303 g/mol. The monoisotopic (exact) mass is 314 g/mol. The number of benzene rings is 1. The molecule has 2 aromatic rings. The third-order valence-electron chi connectivity index (χ3n) is 2.41. The van der Waals surface area contributed by atoms with Crippen molar-refractivity contribution in [3.8, 4) is 5.75 Å². The zero-order valence-corrected chi connectivity index (χ0v) is 12.7. The summed E-state index contributed by atoms with van der Waals surface area (Å²) in [4.78, 5) is 5.34. The van der Waals surface area contributed by atoms with Crippen LogP contribution in [0.1, 0.15) is 0 Å². The molecule has 0 unspecified atom stereocenters. The summed E-state index contributed by atoms with van der Waals surface area (Å²) in [5.74, 6) is 1.38. The summed E-state index contributed by atoms with van der Waals surface area (Å²) in [5.41, 5.74) is 0. The topological polar surface area (TPSA) is 34.2 Å². The lowest BCUT2D eigenvalue weighted by molar-refractivity contribution is 0.405. The molecule has 1 heterocycles. The zero-order valence-electron chi connectivity index (χ0n) is 10.4. The predicted molar refractivity (Wildman–Crippen MR) is 80.9 cm³/mol. The van der Waals surface area contributed by atoms with Gasteiger partial charge in [-0.3, -0.25) is 0 Å². The Balaban J connectivity index is 2.38. The summed E-state index contributed by atoms with van der Waals surface area (Å²) in [6.07, 6.45) is 0. The van der Waals surface area contributed by atoms with Crippen LogP contribution in [0.2, 0.25) is 10.0 Å². The van der Waals surface area contributed by atoms with E-state index in [4.69, 9.17) is 27.9 Å². The Morgan fingerprint density at radius 1 is 1.21 bits per heavy atom. The molecule has 0 saturated heterocycles. The number of nitrogens with zero attached hydrogens (tertiary/aromatic N) is 1. The van der Waals surface area contributed by atoms with E-state index in [2.05, 4.69) is 10.3 Å². The van der Waals surface area contributed by atoms with Gasteiger partial charge in [0.15, 0.2) is 0 Å². The highest BCUT2D eigenvalue weighted by molar-refractivity contribution is 7.99. The maximum Gasteiger partial charge on any atom is 0.146 e. The van der Waals surface area contributed by atoms with Gasteiger partial charge in [-0.25, -0.2) is 4.98 Å². The average molecular weight is 315 g/mol. The fourth-order valence-corrected chi connectivity index (χ4v) is 2.97. The van der Waals surface area contributed by atoms with E-state index in [1.165, 1.54) is 11.8 Å². The van der Waals surface area contributed by atoms with Crippen LogP contribution in [0.3, 0.4) is 0 Å². The number of para-hydroxylation sites is 1. The molecule has 0 aliphatic rings. The minimum atomic E-state index is 0.497. The summed E-state index contributed by atoms with van der Waals surface area (Å²) in [6.45, 7) is 0. The van der Waals surface area contributed by atoms with Crippen LogP contribution in [0, 0.1) is 0 Å². The van der Waals surface area contributed by atoms with Crippen molar-refractivity contribution in [2.24, 2.45) is 0 Å². The fourth-order valence-electron chi connectivity index (χ4n) is 1.50. The number of aromatic nitrogens is 1. The van der Waals surface area contributed by atoms with Crippen LogP contribution < -0.4 is 10.1 Å². The van der Waals surface area contributed by atoms with Gasteiger partial charge in [-0.1, -0.05) is 47.1 Å². The third-order valence-corrected chi connectivity index (χ3v) is 4.16. The SMILES string of the molecule is CNc1nc(Sc2ccccc2OC)c(Cl)cc1Cl. The van der Waals surface area contributed by atoms with Gasteiger partial charge in [-0.15, -0.1) is 0 Å². The van der Waals surface area contributed by atoms with E-state index in [-0.39, 0.29) is 0 Å². The predicted octanol–water partition coefficient (Wildman–Crippen LogP) is 4.59. The molecule has 3 nitrogen and oxygen atoms in total. The Bertz CT molecular complexity index is 593. The van der Waals surface area contributed by atoms with Crippen molar-refractivity contribution in [2.45, 2.75) is 9.92 Å². The van der Waals surface area contributed by atoms with Gasteiger partial charge >= 0.3 is 0 Å². The van der Waals surface area contributed by atoms with Crippen molar-refractivity contribution in [3.05, 3.63) is 40.4 Å². The smallest absolute Gasteiger partial charge is 0.146 e. The molecule has 0 atom stereocenters. The Morgan fingerprint density at radius 2 is 1.95 bits per heavy atom. The van der Waals surface area contributed by atoms with Crippen LogP contribution in [0.15, 0.2) is 40.3 Å². The maximum absolute atomic E-state index is 6.17. The van der Waals surface area contributed by atoms with Crippen LogP contribution >= 0.6 is 35.0 Å². The molecule has 19 heavy (non-hydrogen) atoms. The molecule has 0 saturated carbocycles. The van der Waals surface area contributed by atoms with Gasteiger partial charge in [0.1, 0.15) is 16.6 Å². The molecule has 0 fully saturated rings. The van der Waals surface area contributed by atoms with E-state index in [1.54, 1.807) is 20.2 Å². The van der Waals surface area contributed by atoms with E-state index in [9.17, 15) is 0 Å². The summed E-state index contributed by atoms with van der Waals surface area (Å²) >= 11 is 13.6. The highest BCUT2D eigenvalue weighted by atomic mass is 35.5. The average Bonchev–Trinajstić information content (AvgIpc) is 2.42. The Hall–Kier alpha value is -1.10. The molecule has 0 bridgehead atoms. The highest BCUT2D eigenvalue weighted by Gasteiger charge is 2.12. The second-order valence-corrected chi connectivity index (χ2v) is 5.45. The number of anilines is 1. The number of rotatable bonds is 4. The van der Waals surface area contributed by atoms with Gasteiger partial charge in [0.05, 0.1) is 22.1 Å². The van der Waals surface area contributed by atoms with Crippen molar-refractivity contribution in [2.75, 3.05) is 19.5 Å². The third kappa shape index (κ3) is 3.26. The summed E-state index contributed by atoms with van der Waals surface area (Å²) in [7, 11) is 3.40. The molecule has 100 valence electrons. The fraction of sp³-hybridized carbons (Fsp3) is 0.154. The molecule has 1 aromatic heterocycles. The summed E-state index contributed by atoms with van der Waals surface area (Å²) in [5, 5.41) is 4.62. The molecule has 0 aliphatic heterocycles. The van der Waals surface area contributed by atoms with Gasteiger partial charge in [-0.2, -0.15) is 0 Å². The highest BCUT2D eigenvalue weighted by Crippen LogP contribution is 2.39. The van der Waals surface area contributed by atoms with Gasteiger partial charge in [0, 0.05) is 7.05 Å². The second kappa shape index (κ2) is 6.37. The van der Waals surface area contributed by atoms with Crippen LogP contribution in [0.25, 0.3) is 0 Å². The van der Waals surface area contributed by atoms with Gasteiger partial charge < -0.3 is 10.1 Å². The molecule has 1 N–H and O–H groups in total. The number of ether oxygens (including phenoxy) is 1. The van der Waals surface area contributed by atoms with E-state index < -0.39 is 0 Å². The number of nitrogens with one attached hydrogen (secondary N) is 1. The van der Waals surface area contributed by atoms with E-state index in [0.717, 1.165) is 10.6 Å². The summed E-state index contributed by atoms with van der Waals surface area (Å²) in [6, 6.07) is 9.38. The number of pyridine rings is 1. The molecule has 0 spiro atoms. The van der Waals surface area contributed by atoms with Crippen LogP contribution in [-0.2, 0) is 0 Å². The minimum Gasteiger partial charge on any atom is -0.496 e. The van der Waals surface area contributed by atoms with Crippen molar-refractivity contribution in [3.63, 3.8) is 0 Å². The van der Waals surface area contributed by atoms with E-state index >= 15 is 0 Å². The van der Waals surface area contributed by atoms with Gasteiger partial charge in [0.25, 0.3) is 0 Å². The lowest BCUT2D eigenvalue weighted by atomic mass is 10.3. The van der Waals surface area contributed by atoms with Crippen molar-refractivity contribution in [1.82, 2.24) is 4.98 Å². The normalized spacial score (nSPS) is 10.3. The van der Waals surface area contributed by atoms with Crippen molar-refractivity contribution >= 4 is 40.8 Å². The van der Waals surface area contributed by atoms with E-state index in [0.29, 0.717) is 20.9 Å². The van der Waals surface area contributed by atoms with Gasteiger partial charge in [0.2, 0.25) is 0 Å². The standard InChI is InChI=1S/C13H12Cl2N2OS/c1-16-12-8(14)7-9(15)13(17-12)19-11-6-4-3-5-10(11)18-2/h3-7H,1-2H3,(H,16,17). The summed E-state index contributed by atoms with van der Waals surface area (Å²) < 4.78 is 5.30. The number of halogens is 2. The van der Waals surface area contributed by atoms with Gasteiger partial charge in [-0.05, 0) is 18.2 Å². The quantitative estimate of drug-likeness (QED) is 0.895. The van der Waals surface area contributed by atoms with E-state index in [1.807, 2.05) is 24.3 Å². The zero-order chi connectivity index (χ0) is 13.8. The maximum atomic E-state index is 6.17. The van der Waals surface area contributed by atoms with Crippen LogP contribution in [-0.4, -0.2) is 19.1 Å². The number of hydrogen-bond donors (Lipinski definition) is 1. The molecule has 2 rings (SSSR count). The Kier molecular flexibility index (Phi) is 4.80. The number of hydrogen-bond acceptors (Lipinski definition) is 4. The van der Waals surface area contributed by atoms with Crippen LogP contribution in [0.5, 0.6) is 5.75 Å². The Morgan fingerprint density at radius 3 is 2.63 bits per heavy atom. The molecule has 0 amide bonds. The molecule has 0 aliphatic carbocycles. The Labute approximate surface area is 126 Å². The second-order valence-electron chi connectivity index (χ2n) is 3.61. The molecule has 0 radical (unpaired) electrons. The largest absolute Gasteiger partial charge is 0.496 e. The number of methoxy groups -OCH3 is 1. The van der Waals surface area contributed by atoms with Crippen LogP contribution in [0.4, 0.5) is 5.82 Å². The first kappa shape index (κ1) is 14.3. The molecule has 1 aromatic carbocycles. The molecular formula is C13H12Cl2N2OS. The molecule has 6 heteroatoms. The minimum absolute atomic E-state index is 0.497. The lowest BCUT2D eigenvalue weighted by Crippen LogP contribution is -1.95.